The second kappa shape index (κ2) is 4.44. The normalized spacial score (nSPS) is 29.8. The third-order valence-electron chi connectivity index (χ3n) is 2.75. The van der Waals surface area contributed by atoms with Crippen LogP contribution in [-0.4, -0.2) is 6.29 Å². The van der Waals surface area contributed by atoms with Crippen molar-refractivity contribution in [2.45, 2.75) is 39.0 Å². The SMILES string of the molecule is C=C(C)CC1CCCCC1C=O. The smallest absolute Gasteiger partial charge is 0.123 e. The molecular weight excluding hydrogens is 148 g/mol. The predicted octanol–water partition coefficient (Wildman–Crippen LogP) is 2.96. The lowest BCUT2D eigenvalue weighted by molar-refractivity contribution is -0.113. The second-order valence-corrected chi connectivity index (χ2v) is 4.01. The molecule has 1 nitrogen and oxygen atoms in total. The minimum Gasteiger partial charge on any atom is -0.303 e. The molecule has 0 saturated heterocycles. The van der Waals surface area contributed by atoms with E-state index in [0.29, 0.717) is 11.8 Å². The van der Waals surface area contributed by atoms with Gasteiger partial charge in [-0.2, -0.15) is 0 Å². The van der Waals surface area contributed by atoms with Crippen LogP contribution >= 0.6 is 0 Å². The van der Waals surface area contributed by atoms with Crippen LogP contribution in [-0.2, 0) is 4.79 Å². The molecular formula is C11H18O. The fourth-order valence-electron chi connectivity index (χ4n) is 2.12. The molecule has 0 heterocycles. The highest BCUT2D eigenvalue weighted by atomic mass is 16.1. The highest BCUT2D eigenvalue weighted by Gasteiger charge is 2.23. The van der Waals surface area contributed by atoms with Gasteiger partial charge < -0.3 is 4.79 Å². The minimum absolute atomic E-state index is 0.315. The summed E-state index contributed by atoms with van der Waals surface area (Å²) < 4.78 is 0. The maximum atomic E-state index is 10.7. The van der Waals surface area contributed by atoms with Crippen LogP contribution in [0.1, 0.15) is 39.0 Å². The molecule has 0 aliphatic heterocycles. The van der Waals surface area contributed by atoms with Gasteiger partial charge in [-0.05, 0) is 32.1 Å². The monoisotopic (exact) mass is 166 g/mol. The summed E-state index contributed by atoms with van der Waals surface area (Å²) in [5.41, 5.74) is 1.22. The van der Waals surface area contributed by atoms with Crippen molar-refractivity contribution in [3.05, 3.63) is 12.2 Å². The average Bonchev–Trinajstić information content (AvgIpc) is 2.04. The fraction of sp³-hybridized carbons (Fsp3) is 0.727. The van der Waals surface area contributed by atoms with Gasteiger partial charge in [-0.25, -0.2) is 0 Å². The van der Waals surface area contributed by atoms with E-state index in [4.69, 9.17) is 0 Å². The number of carbonyl (C=O) groups excluding carboxylic acids is 1. The Bertz CT molecular complexity index is 172. The van der Waals surface area contributed by atoms with Crippen molar-refractivity contribution in [2.75, 3.05) is 0 Å². The van der Waals surface area contributed by atoms with E-state index in [9.17, 15) is 4.79 Å². The lowest BCUT2D eigenvalue weighted by Gasteiger charge is -2.27. The number of rotatable bonds is 3. The fourth-order valence-corrected chi connectivity index (χ4v) is 2.12. The molecule has 1 aliphatic carbocycles. The molecule has 0 radical (unpaired) electrons. The summed E-state index contributed by atoms with van der Waals surface area (Å²) in [6.07, 6.45) is 7.03. The number of aldehydes is 1. The molecule has 1 saturated carbocycles. The van der Waals surface area contributed by atoms with Crippen molar-refractivity contribution in [1.29, 1.82) is 0 Å². The number of hydrogen-bond donors (Lipinski definition) is 0. The molecule has 0 N–H and O–H groups in total. The van der Waals surface area contributed by atoms with E-state index < -0.39 is 0 Å². The van der Waals surface area contributed by atoms with E-state index in [0.717, 1.165) is 19.1 Å². The highest BCUT2D eigenvalue weighted by molar-refractivity contribution is 5.54. The molecule has 0 aromatic carbocycles. The topological polar surface area (TPSA) is 17.1 Å². The van der Waals surface area contributed by atoms with E-state index in [1.807, 2.05) is 0 Å². The third kappa shape index (κ3) is 2.47. The Morgan fingerprint density at radius 3 is 2.75 bits per heavy atom. The zero-order valence-electron chi connectivity index (χ0n) is 7.88. The van der Waals surface area contributed by atoms with Crippen LogP contribution in [0.25, 0.3) is 0 Å². The van der Waals surface area contributed by atoms with Gasteiger partial charge in [0.05, 0.1) is 0 Å². The van der Waals surface area contributed by atoms with Crippen molar-refractivity contribution in [3.8, 4) is 0 Å². The molecule has 0 aromatic heterocycles. The van der Waals surface area contributed by atoms with Gasteiger partial charge in [0.15, 0.2) is 0 Å². The largest absolute Gasteiger partial charge is 0.303 e. The van der Waals surface area contributed by atoms with Gasteiger partial charge in [-0.3, -0.25) is 0 Å². The standard InChI is InChI=1S/C11H18O/c1-9(2)7-10-5-3-4-6-11(10)8-12/h8,10-11H,1,3-7H2,2H3. The van der Waals surface area contributed by atoms with Crippen LogP contribution in [0.4, 0.5) is 0 Å². The summed E-state index contributed by atoms with van der Waals surface area (Å²) in [6, 6.07) is 0. The summed E-state index contributed by atoms with van der Waals surface area (Å²) in [5.74, 6) is 0.907. The first kappa shape index (κ1) is 9.50. The quantitative estimate of drug-likeness (QED) is 0.465. The molecule has 1 heteroatoms. The zero-order valence-corrected chi connectivity index (χ0v) is 7.88. The first-order valence-corrected chi connectivity index (χ1v) is 4.83. The maximum absolute atomic E-state index is 10.7. The lowest BCUT2D eigenvalue weighted by atomic mass is 9.77. The van der Waals surface area contributed by atoms with E-state index in [-0.39, 0.29) is 0 Å². The molecule has 0 spiro atoms. The van der Waals surface area contributed by atoms with Crippen LogP contribution < -0.4 is 0 Å². The van der Waals surface area contributed by atoms with Crippen molar-refractivity contribution < 1.29 is 4.79 Å². The van der Waals surface area contributed by atoms with Crippen LogP contribution in [0.15, 0.2) is 12.2 Å². The van der Waals surface area contributed by atoms with Crippen LogP contribution in [0.5, 0.6) is 0 Å². The zero-order chi connectivity index (χ0) is 8.97. The van der Waals surface area contributed by atoms with Crippen molar-refractivity contribution >= 4 is 6.29 Å². The Labute approximate surface area is 74.9 Å². The molecule has 0 amide bonds. The Balaban J connectivity index is 2.46. The summed E-state index contributed by atoms with van der Waals surface area (Å²) >= 11 is 0. The first-order valence-electron chi connectivity index (χ1n) is 4.83. The van der Waals surface area contributed by atoms with E-state index in [1.165, 1.54) is 24.8 Å². The van der Waals surface area contributed by atoms with Crippen LogP contribution in [0.3, 0.4) is 0 Å². The number of hydrogen-bond acceptors (Lipinski definition) is 1. The Hall–Kier alpha value is -0.590. The van der Waals surface area contributed by atoms with E-state index >= 15 is 0 Å². The molecule has 0 bridgehead atoms. The first-order chi connectivity index (χ1) is 5.74. The summed E-state index contributed by atoms with van der Waals surface area (Å²) in [7, 11) is 0. The minimum atomic E-state index is 0.315. The van der Waals surface area contributed by atoms with Crippen molar-refractivity contribution in [1.82, 2.24) is 0 Å². The molecule has 1 fully saturated rings. The number of carbonyl (C=O) groups is 1. The van der Waals surface area contributed by atoms with Gasteiger partial charge in [0.25, 0.3) is 0 Å². The van der Waals surface area contributed by atoms with Crippen LogP contribution in [0, 0.1) is 11.8 Å². The van der Waals surface area contributed by atoms with Gasteiger partial charge in [0, 0.05) is 5.92 Å². The van der Waals surface area contributed by atoms with Gasteiger partial charge in [-0.15, -0.1) is 6.58 Å². The van der Waals surface area contributed by atoms with E-state index in [1.54, 1.807) is 0 Å². The summed E-state index contributed by atoms with van der Waals surface area (Å²) in [6.45, 7) is 5.95. The molecule has 2 atom stereocenters. The molecule has 1 rings (SSSR count). The van der Waals surface area contributed by atoms with Crippen molar-refractivity contribution in [2.24, 2.45) is 11.8 Å². The average molecular weight is 166 g/mol. The van der Waals surface area contributed by atoms with Crippen molar-refractivity contribution in [3.63, 3.8) is 0 Å². The number of allylic oxidation sites excluding steroid dienone is 1. The Morgan fingerprint density at radius 1 is 1.50 bits per heavy atom. The van der Waals surface area contributed by atoms with Gasteiger partial charge in [-0.1, -0.05) is 18.4 Å². The molecule has 68 valence electrons. The third-order valence-corrected chi connectivity index (χ3v) is 2.75. The lowest BCUT2D eigenvalue weighted by Crippen LogP contribution is -2.20. The van der Waals surface area contributed by atoms with Gasteiger partial charge >= 0.3 is 0 Å². The molecule has 12 heavy (non-hydrogen) atoms. The molecule has 0 aromatic rings. The summed E-state index contributed by atoms with van der Waals surface area (Å²) in [5, 5.41) is 0. The molecule has 1 aliphatic rings. The van der Waals surface area contributed by atoms with Gasteiger partial charge in [0.1, 0.15) is 6.29 Å². The maximum Gasteiger partial charge on any atom is 0.123 e. The van der Waals surface area contributed by atoms with Crippen LogP contribution in [0.2, 0.25) is 0 Å². The predicted molar refractivity (Wildman–Crippen MR) is 50.9 cm³/mol. The Kier molecular flexibility index (Phi) is 3.51. The molecule has 2 unspecified atom stereocenters. The van der Waals surface area contributed by atoms with Gasteiger partial charge in [0.2, 0.25) is 0 Å². The summed E-state index contributed by atoms with van der Waals surface area (Å²) in [4.78, 5) is 10.7. The van der Waals surface area contributed by atoms with E-state index in [2.05, 4.69) is 13.5 Å². The highest BCUT2D eigenvalue weighted by Crippen LogP contribution is 2.32. The Morgan fingerprint density at radius 2 is 2.17 bits per heavy atom. The second-order valence-electron chi connectivity index (χ2n) is 4.01.